The van der Waals surface area contributed by atoms with Gasteiger partial charge < -0.3 is 10.0 Å². The Kier molecular flexibility index (Phi) is 10.1. The molecule has 20 heavy (non-hydrogen) atoms. The zero-order valence-corrected chi connectivity index (χ0v) is 13.8. The summed E-state index contributed by atoms with van der Waals surface area (Å²) in [6.45, 7) is 7.33. The number of rotatable bonds is 10. The maximum absolute atomic E-state index is 10.9. The molecule has 0 aromatic heterocycles. The van der Waals surface area contributed by atoms with Crippen molar-refractivity contribution < 1.29 is 9.90 Å². The van der Waals surface area contributed by atoms with Crippen LogP contribution in [0.2, 0.25) is 0 Å². The van der Waals surface area contributed by atoms with Crippen molar-refractivity contribution in [2.75, 3.05) is 20.6 Å². The molecule has 116 valence electrons. The average molecular weight is 281 g/mol. The lowest BCUT2D eigenvalue weighted by molar-refractivity contribution is -0.137. The molecule has 0 aromatic carbocycles. The minimum Gasteiger partial charge on any atom is -0.481 e. The Labute approximate surface area is 124 Å². The Morgan fingerprint density at radius 2 is 1.90 bits per heavy atom. The molecule has 0 bridgehead atoms. The molecule has 0 aliphatic rings. The maximum Gasteiger partial charge on any atom is 0.303 e. The van der Waals surface area contributed by atoms with Gasteiger partial charge in [-0.3, -0.25) is 4.79 Å². The van der Waals surface area contributed by atoms with E-state index in [1.807, 2.05) is 14.1 Å². The summed E-state index contributed by atoms with van der Waals surface area (Å²) in [5.41, 5.74) is 2.64. The molecule has 3 nitrogen and oxygen atoms in total. The number of carboxylic acids is 1. The number of nitrogens with zero attached hydrogens (tertiary/aromatic N) is 1. The van der Waals surface area contributed by atoms with E-state index >= 15 is 0 Å². The topological polar surface area (TPSA) is 40.5 Å². The third-order valence-corrected chi connectivity index (χ3v) is 3.23. The second-order valence-corrected chi connectivity index (χ2v) is 6.14. The lowest BCUT2D eigenvalue weighted by Gasteiger charge is -2.14. The van der Waals surface area contributed by atoms with E-state index in [0.717, 1.165) is 32.2 Å². The Balaban J connectivity index is 4.37. The molecule has 3 heteroatoms. The Bertz CT molecular complexity index is 339. The van der Waals surface area contributed by atoms with E-state index in [2.05, 4.69) is 37.8 Å². The first-order valence-corrected chi connectivity index (χ1v) is 7.48. The fraction of sp³-hybridized carbons (Fsp3) is 0.706. The van der Waals surface area contributed by atoms with E-state index < -0.39 is 5.97 Å². The van der Waals surface area contributed by atoms with Gasteiger partial charge in [0.15, 0.2) is 0 Å². The third-order valence-electron chi connectivity index (χ3n) is 3.23. The summed E-state index contributed by atoms with van der Waals surface area (Å²) < 4.78 is 0. The first kappa shape index (κ1) is 18.9. The highest BCUT2D eigenvalue weighted by molar-refractivity contribution is 5.67. The molecule has 0 aliphatic carbocycles. The smallest absolute Gasteiger partial charge is 0.303 e. The van der Waals surface area contributed by atoms with E-state index in [1.165, 1.54) is 11.1 Å². The first-order valence-electron chi connectivity index (χ1n) is 7.48. The lowest BCUT2D eigenvalue weighted by atomic mass is 9.95. The third kappa shape index (κ3) is 12.0. The lowest BCUT2D eigenvalue weighted by Crippen LogP contribution is -2.15. The molecule has 1 N–H and O–H groups in total. The molecule has 0 spiro atoms. The number of aliphatic carboxylic acids is 1. The number of allylic oxidation sites excluding steroid dienone is 4. The van der Waals surface area contributed by atoms with E-state index in [-0.39, 0.29) is 12.3 Å². The number of carboxylic acid groups (broad SMARTS) is 1. The summed E-state index contributed by atoms with van der Waals surface area (Å²) in [6.07, 6.45) is 8.70. The van der Waals surface area contributed by atoms with Gasteiger partial charge in [0, 0.05) is 0 Å². The largest absolute Gasteiger partial charge is 0.481 e. The monoisotopic (exact) mass is 281 g/mol. The molecule has 0 radical (unpaired) electrons. The van der Waals surface area contributed by atoms with Gasteiger partial charge in [0.2, 0.25) is 0 Å². The number of hydrogen-bond donors (Lipinski definition) is 1. The van der Waals surface area contributed by atoms with Gasteiger partial charge >= 0.3 is 5.97 Å². The van der Waals surface area contributed by atoms with Crippen molar-refractivity contribution in [1.29, 1.82) is 0 Å². The van der Waals surface area contributed by atoms with Gasteiger partial charge in [0.1, 0.15) is 0 Å². The van der Waals surface area contributed by atoms with E-state index in [1.54, 1.807) is 0 Å². The van der Waals surface area contributed by atoms with Crippen LogP contribution in [0.1, 0.15) is 52.9 Å². The van der Waals surface area contributed by atoms with Gasteiger partial charge in [0.25, 0.3) is 0 Å². The number of carbonyl (C=O) groups is 1. The fourth-order valence-electron chi connectivity index (χ4n) is 2.21. The summed E-state index contributed by atoms with van der Waals surface area (Å²) in [5, 5.41) is 9.00. The zero-order chi connectivity index (χ0) is 15.5. The summed E-state index contributed by atoms with van der Waals surface area (Å²) in [4.78, 5) is 13.1. The molecule has 0 fully saturated rings. The molecule has 1 atom stereocenters. The molecule has 0 rings (SSSR count). The van der Waals surface area contributed by atoms with Crippen LogP contribution in [0.25, 0.3) is 0 Å². The second kappa shape index (κ2) is 10.7. The first-order chi connectivity index (χ1) is 9.31. The van der Waals surface area contributed by atoms with Crippen LogP contribution in [0.5, 0.6) is 0 Å². The van der Waals surface area contributed by atoms with Crippen molar-refractivity contribution in [2.24, 2.45) is 5.92 Å². The highest BCUT2D eigenvalue weighted by Crippen LogP contribution is 2.18. The predicted molar refractivity (Wildman–Crippen MR) is 86.0 cm³/mol. The van der Waals surface area contributed by atoms with Crippen LogP contribution in [-0.4, -0.2) is 36.6 Å². The normalized spacial score (nSPS) is 13.4. The summed E-state index contributed by atoms with van der Waals surface area (Å²) in [6, 6.07) is 0. The molecule has 0 saturated heterocycles. The van der Waals surface area contributed by atoms with Crippen molar-refractivity contribution in [3.63, 3.8) is 0 Å². The van der Waals surface area contributed by atoms with Crippen molar-refractivity contribution in [3.05, 3.63) is 23.3 Å². The highest BCUT2D eigenvalue weighted by Gasteiger charge is 2.11. The van der Waals surface area contributed by atoms with Crippen LogP contribution >= 0.6 is 0 Å². The van der Waals surface area contributed by atoms with E-state index in [0.29, 0.717) is 0 Å². The fourth-order valence-corrected chi connectivity index (χ4v) is 2.21. The molecule has 1 unspecified atom stereocenters. The van der Waals surface area contributed by atoms with Crippen LogP contribution in [0.15, 0.2) is 23.3 Å². The van der Waals surface area contributed by atoms with Crippen LogP contribution in [-0.2, 0) is 4.79 Å². The van der Waals surface area contributed by atoms with Crippen LogP contribution in [0, 0.1) is 5.92 Å². The minimum absolute atomic E-state index is 0.166. The molecule has 0 aromatic rings. The summed E-state index contributed by atoms with van der Waals surface area (Å²) in [7, 11) is 4.10. The van der Waals surface area contributed by atoms with Crippen LogP contribution < -0.4 is 0 Å². The number of hydrogen-bond acceptors (Lipinski definition) is 2. The average Bonchev–Trinajstić information content (AvgIpc) is 2.26. The Morgan fingerprint density at radius 1 is 1.25 bits per heavy atom. The van der Waals surface area contributed by atoms with E-state index in [4.69, 9.17) is 5.11 Å². The van der Waals surface area contributed by atoms with Crippen LogP contribution in [0.3, 0.4) is 0 Å². The Hall–Kier alpha value is -1.09. The maximum atomic E-state index is 10.9. The standard InChI is InChI=1S/C17H31NO2/c1-14(2)8-6-9-15(3)12-16(13-17(19)20)10-7-11-18(4)5/h8,12,16H,6-7,9-11,13H2,1-5H3,(H,19,20)/b15-12+. The van der Waals surface area contributed by atoms with Gasteiger partial charge in [-0.15, -0.1) is 0 Å². The van der Waals surface area contributed by atoms with Gasteiger partial charge in [-0.2, -0.15) is 0 Å². The quantitative estimate of drug-likeness (QED) is 0.613. The van der Waals surface area contributed by atoms with Gasteiger partial charge in [0.05, 0.1) is 6.42 Å². The molecular weight excluding hydrogens is 250 g/mol. The predicted octanol–water partition coefficient (Wildman–Crippen LogP) is 4.11. The van der Waals surface area contributed by atoms with Crippen LogP contribution in [0.4, 0.5) is 0 Å². The summed E-state index contributed by atoms with van der Waals surface area (Å²) >= 11 is 0. The second-order valence-electron chi connectivity index (χ2n) is 6.14. The Morgan fingerprint density at radius 3 is 2.40 bits per heavy atom. The van der Waals surface area contributed by atoms with Crippen molar-refractivity contribution in [1.82, 2.24) is 4.90 Å². The SMILES string of the molecule is CC(C)=CCC/C(C)=C/C(CCCN(C)C)CC(=O)O. The molecule has 0 amide bonds. The van der Waals surface area contributed by atoms with Crippen molar-refractivity contribution >= 4 is 5.97 Å². The molecule has 0 aliphatic heterocycles. The highest BCUT2D eigenvalue weighted by atomic mass is 16.4. The van der Waals surface area contributed by atoms with Crippen molar-refractivity contribution in [2.45, 2.75) is 52.9 Å². The van der Waals surface area contributed by atoms with E-state index in [9.17, 15) is 4.79 Å². The van der Waals surface area contributed by atoms with Gasteiger partial charge in [-0.25, -0.2) is 0 Å². The van der Waals surface area contributed by atoms with Crippen molar-refractivity contribution in [3.8, 4) is 0 Å². The molecule has 0 heterocycles. The summed E-state index contributed by atoms with van der Waals surface area (Å²) in [5.74, 6) is -0.535. The van der Waals surface area contributed by atoms with Gasteiger partial charge in [-0.1, -0.05) is 23.3 Å². The molecule has 0 saturated carbocycles. The zero-order valence-electron chi connectivity index (χ0n) is 13.8. The minimum atomic E-state index is -0.701. The molecular formula is C17H31NO2. The van der Waals surface area contributed by atoms with Gasteiger partial charge in [-0.05, 0) is 73.0 Å².